The van der Waals surface area contributed by atoms with Gasteiger partial charge in [-0.1, -0.05) is 17.7 Å². The second-order valence-electron chi connectivity index (χ2n) is 8.66. The molecule has 1 aliphatic rings. The molecule has 15 heteroatoms. The van der Waals surface area contributed by atoms with E-state index in [1.807, 2.05) is 0 Å². The third-order valence-corrected chi connectivity index (χ3v) is 9.95. The van der Waals surface area contributed by atoms with Crippen LogP contribution in [0.25, 0.3) is 0 Å². The lowest BCUT2D eigenvalue weighted by molar-refractivity contribution is -0.273. The summed E-state index contributed by atoms with van der Waals surface area (Å²) in [6.07, 6.45) is -7.98. The summed E-state index contributed by atoms with van der Waals surface area (Å²) in [5.41, 5.74) is -4.67. The van der Waals surface area contributed by atoms with E-state index in [1.54, 1.807) is 11.6 Å². The molecule has 0 saturated heterocycles. The third-order valence-electron chi connectivity index (χ3n) is 6.21. The quantitative estimate of drug-likeness (QED) is 0.290. The van der Waals surface area contributed by atoms with Crippen molar-refractivity contribution >= 4 is 41.7 Å². The average molecular weight is 646 g/mol. The van der Waals surface area contributed by atoms with Crippen LogP contribution in [-0.4, -0.2) is 39.6 Å². The Kier molecular flexibility index (Phi) is 6.21. The van der Waals surface area contributed by atoms with Gasteiger partial charge in [-0.2, -0.15) is 13.2 Å². The molecule has 7 nitrogen and oxygen atoms in total. The van der Waals surface area contributed by atoms with Crippen LogP contribution in [-0.2, 0) is 37.6 Å². The van der Waals surface area contributed by atoms with Gasteiger partial charge in [0.2, 0.25) is 0 Å². The van der Waals surface area contributed by atoms with E-state index in [0.717, 1.165) is 12.1 Å². The van der Waals surface area contributed by atoms with Gasteiger partial charge in [0.25, 0.3) is 20.0 Å². The second kappa shape index (κ2) is 9.61. The number of fused-ring (bicyclic) bond motifs is 1. The summed E-state index contributed by atoms with van der Waals surface area (Å²) in [5.74, 6) is -2.24. The molecule has 1 aliphatic carbocycles. The first-order valence-corrected chi connectivity index (χ1v) is 14.4. The van der Waals surface area contributed by atoms with Crippen molar-refractivity contribution in [1.29, 1.82) is 0 Å². The molecule has 0 spiro atoms. The van der Waals surface area contributed by atoms with E-state index in [9.17, 15) is 38.8 Å². The number of methoxy groups -OCH3 is 1. The van der Waals surface area contributed by atoms with Crippen LogP contribution in [0.2, 0.25) is 0 Å². The Hall–Kier alpha value is -2.49. The molecule has 206 valence electrons. The van der Waals surface area contributed by atoms with Crippen molar-refractivity contribution in [2.24, 2.45) is 0 Å². The molecule has 0 aliphatic heterocycles. The molecular weight excluding hydrogens is 623 g/mol. The highest BCUT2D eigenvalue weighted by Crippen LogP contribution is 2.45. The standard InChI is InChI=1S/C23H20BrF5N2O5S2/c1-13-3-5-14(6-4-13)38(34,35)31-12-21(15-7-8-22(36-2,11-20(15)31)23(27,28)29)37(32,33)30-19-10-17(25)16(24)9-18(19)26/h3-6,9-10,12,30H,7-8,11H2,1-2H3/i2D3. The Labute approximate surface area is 228 Å². The Bertz CT molecular complexity index is 1730. The van der Waals surface area contributed by atoms with Crippen LogP contribution in [0, 0.1) is 18.6 Å². The number of aromatic nitrogens is 1. The largest absolute Gasteiger partial charge is 0.417 e. The number of alkyl halides is 3. The highest BCUT2D eigenvalue weighted by atomic mass is 79.9. The zero-order valence-corrected chi connectivity index (χ0v) is 22.5. The van der Waals surface area contributed by atoms with E-state index in [-0.39, 0.29) is 10.0 Å². The van der Waals surface area contributed by atoms with E-state index < -0.39 is 90.9 Å². The number of nitrogens with one attached hydrogen (secondary N) is 1. The molecule has 2 aromatic carbocycles. The van der Waals surface area contributed by atoms with E-state index in [0.29, 0.717) is 27.9 Å². The number of sulfonamides is 1. The number of aryl methyl sites for hydroxylation is 1. The monoisotopic (exact) mass is 645 g/mol. The Morgan fingerprint density at radius 2 is 1.76 bits per heavy atom. The van der Waals surface area contributed by atoms with Gasteiger partial charge in [-0.15, -0.1) is 0 Å². The van der Waals surface area contributed by atoms with Crippen LogP contribution in [0.1, 0.15) is 27.4 Å². The van der Waals surface area contributed by atoms with Gasteiger partial charge in [-0.3, -0.25) is 4.72 Å². The summed E-state index contributed by atoms with van der Waals surface area (Å²) in [6, 6.07) is 6.28. The van der Waals surface area contributed by atoms with E-state index >= 15 is 0 Å². The van der Waals surface area contributed by atoms with Crippen LogP contribution < -0.4 is 4.72 Å². The predicted octanol–water partition coefficient (Wildman–Crippen LogP) is 5.31. The molecule has 1 unspecified atom stereocenters. The number of hydrogen-bond donors (Lipinski definition) is 1. The minimum atomic E-state index is -5.31. The first-order valence-electron chi connectivity index (χ1n) is 12.2. The van der Waals surface area contributed by atoms with Crippen LogP contribution in [0.5, 0.6) is 0 Å². The Balaban J connectivity index is 1.94. The fraction of sp³-hybridized carbons (Fsp3) is 0.304. The maximum Gasteiger partial charge on any atom is 0.417 e. The third kappa shape index (κ3) is 4.84. The minimum absolute atomic E-state index is 0.316. The molecule has 0 bridgehead atoms. The number of nitrogens with zero attached hydrogens (tertiary/aromatic N) is 1. The normalized spacial score (nSPS) is 19.8. The summed E-state index contributed by atoms with van der Waals surface area (Å²) in [4.78, 5) is -1.23. The summed E-state index contributed by atoms with van der Waals surface area (Å²) in [6.45, 7) is 1.65. The zero-order valence-electron chi connectivity index (χ0n) is 22.2. The Morgan fingerprint density at radius 3 is 2.37 bits per heavy atom. The van der Waals surface area contributed by atoms with Crippen molar-refractivity contribution in [1.82, 2.24) is 3.97 Å². The summed E-state index contributed by atoms with van der Waals surface area (Å²) in [5, 5.41) is 0. The molecule has 1 atom stereocenters. The minimum Gasteiger partial charge on any atom is -0.368 e. The number of rotatable bonds is 6. The van der Waals surface area contributed by atoms with Gasteiger partial charge < -0.3 is 4.74 Å². The van der Waals surface area contributed by atoms with Crippen molar-refractivity contribution < 1.29 is 47.6 Å². The van der Waals surface area contributed by atoms with Gasteiger partial charge in [0.15, 0.2) is 5.60 Å². The van der Waals surface area contributed by atoms with Gasteiger partial charge >= 0.3 is 6.18 Å². The van der Waals surface area contributed by atoms with Gasteiger partial charge in [0, 0.05) is 31.4 Å². The van der Waals surface area contributed by atoms with Crippen molar-refractivity contribution in [3.8, 4) is 0 Å². The van der Waals surface area contributed by atoms with Gasteiger partial charge in [0.1, 0.15) is 16.5 Å². The van der Waals surface area contributed by atoms with Gasteiger partial charge in [0.05, 0.1) is 19.2 Å². The van der Waals surface area contributed by atoms with Crippen molar-refractivity contribution in [2.45, 2.75) is 47.8 Å². The lowest BCUT2D eigenvalue weighted by Crippen LogP contribution is -2.51. The van der Waals surface area contributed by atoms with Crippen LogP contribution >= 0.6 is 15.9 Å². The van der Waals surface area contributed by atoms with E-state index in [4.69, 9.17) is 4.11 Å². The predicted molar refractivity (Wildman–Crippen MR) is 131 cm³/mol. The molecule has 0 saturated carbocycles. The molecule has 0 amide bonds. The molecule has 0 radical (unpaired) electrons. The lowest BCUT2D eigenvalue weighted by atomic mass is 9.83. The zero-order chi connectivity index (χ0) is 30.8. The van der Waals surface area contributed by atoms with Crippen molar-refractivity contribution in [3.05, 3.63) is 75.5 Å². The van der Waals surface area contributed by atoms with Gasteiger partial charge in [-0.05, 0) is 59.5 Å². The van der Waals surface area contributed by atoms with E-state index in [1.165, 1.54) is 12.1 Å². The number of ether oxygens (including phenoxy) is 1. The number of hydrogen-bond acceptors (Lipinski definition) is 5. The van der Waals surface area contributed by atoms with Gasteiger partial charge in [-0.25, -0.2) is 29.6 Å². The molecule has 1 N–H and O–H groups in total. The number of halogens is 6. The first-order chi connectivity index (χ1) is 18.7. The topological polar surface area (TPSA) is 94.5 Å². The number of anilines is 1. The first kappa shape index (κ1) is 24.5. The van der Waals surface area contributed by atoms with Crippen LogP contribution in [0.15, 0.2) is 56.9 Å². The fourth-order valence-electron chi connectivity index (χ4n) is 4.13. The summed E-state index contributed by atoms with van der Waals surface area (Å²) >= 11 is 2.75. The van der Waals surface area contributed by atoms with Crippen LogP contribution in [0.4, 0.5) is 27.6 Å². The highest BCUT2D eigenvalue weighted by Gasteiger charge is 2.58. The summed E-state index contributed by atoms with van der Waals surface area (Å²) < 4.78 is 153. The van der Waals surface area contributed by atoms with Crippen LogP contribution in [0.3, 0.4) is 0 Å². The highest BCUT2D eigenvalue weighted by molar-refractivity contribution is 9.10. The molecular formula is C23H20BrF5N2O5S2. The summed E-state index contributed by atoms with van der Waals surface area (Å²) in [7, 11) is -13.2. The fourth-order valence-corrected chi connectivity index (χ4v) is 7.28. The smallest absolute Gasteiger partial charge is 0.368 e. The average Bonchev–Trinajstić information content (AvgIpc) is 3.21. The molecule has 0 fully saturated rings. The van der Waals surface area contributed by atoms with Crippen molar-refractivity contribution in [2.75, 3.05) is 11.8 Å². The number of benzene rings is 2. The maximum absolute atomic E-state index is 14.4. The molecule has 38 heavy (non-hydrogen) atoms. The lowest BCUT2D eigenvalue weighted by Gasteiger charge is -2.38. The molecule has 3 aromatic rings. The molecule has 1 aromatic heterocycles. The molecule has 4 rings (SSSR count). The van der Waals surface area contributed by atoms with E-state index in [2.05, 4.69) is 20.7 Å². The Morgan fingerprint density at radius 1 is 1.11 bits per heavy atom. The maximum atomic E-state index is 14.4. The molecule has 1 heterocycles. The SMILES string of the molecule is [2H]C([2H])([2H])OC1(C(F)(F)F)CCc2c(S(=O)(=O)Nc3cc(F)c(Br)cc3F)cn(S(=O)(=O)c3ccc(C)cc3)c2C1. The second-order valence-corrected chi connectivity index (χ2v) is 13.0. The van der Waals surface area contributed by atoms with Crippen molar-refractivity contribution in [3.63, 3.8) is 0 Å².